The van der Waals surface area contributed by atoms with Crippen molar-refractivity contribution in [3.05, 3.63) is 71.3 Å². The van der Waals surface area contributed by atoms with Gasteiger partial charge in [-0.2, -0.15) is 0 Å². The smallest absolute Gasteiger partial charge is 0.135 e. The Hall–Kier alpha value is -3.54. The van der Waals surface area contributed by atoms with E-state index in [2.05, 4.69) is 0 Å². The van der Waals surface area contributed by atoms with Gasteiger partial charge in [0.05, 0.1) is 0 Å². The highest BCUT2D eigenvalue weighted by Crippen LogP contribution is 2.56. The highest BCUT2D eigenvalue weighted by molar-refractivity contribution is 5.53. The van der Waals surface area contributed by atoms with Gasteiger partial charge in [-0.1, -0.05) is 19.9 Å². The van der Waals surface area contributed by atoms with Crippen molar-refractivity contribution in [1.29, 1.82) is 0 Å². The molecule has 0 fully saturated rings. The Labute approximate surface area is 167 Å². The van der Waals surface area contributed by atoms with Gasteiger partial charge in [-0.3, -0.25) is 0 Å². The van der Waals surface area contributed by atoms with Gasteiger partial charge in [0.2, 0.25) is 0 Å². The van der Waals surface area contributed by atoms with Gasteiger partial charge in [-0.15, -0.1) is 0 Å². The van der Waals surface area contributed by atoms with Crippen molar-refractivity contribution in [3.8, 4) is 34.5 Å². The molecule has 4 rings (SSSR count). The Morgan fingerprint density at radius 1 is 0.724 bits per heavy atom. The topological polar surface area (TPSA) is 110 Å². The van der Waals surface area contributed by atoms with E-state index in [1.54, 1.807) is 30.3 Å². The predicted octanol–water partition coefficient (Wildman–Crippen LogP) is 4.41. The van der Waals surface area contributed by atoms with Gasteiger partial charge in [0.25, 0.3) is 0 Å². The maximum absolute atomic E-state index is 10.5. The summed E-state index contributed by atoms with van der Waals surface area (Å²) in [6.45, 7) is 4.00. The Bertz CT molecular complexity index is 1070. The van der Waals surface area contributed by atoms with E-state index in [9.17, 15) is 25.5 Å². The molecule has 5 N–H and O–H groups in total. The lowest BCUT2D eigenvalue weighted by Gasteiger charge is -2.45. The fourth-order valence-corrected chi connectivity index (χ4v) is 4.30. The molecule has 0 saturated heterocycles. The molecular formula is C23H22O6. The van der Waals surface area contributed by atoms with Crippen LogP contribution in [-0.4, -0.2) is 25.5 Å². The van der Waals surface area contributed by atoms with Gasteiger partial charge >= 0.3 is 0 Å². The molecule has 0 radical (unpaired) electrons. The monoisotopic (exact) mass is 394 g/mol. The summed E-state index contributed by atoms with van der Waals surface area (Å²) in [7, 11) is 0. The number of hydrogen-bond donors (Lipinski definition) is 5. The molecule has 150 valence electrons. The number of rotatable bonds is 2. The van der Waals surface area contributed by atoms with Crippen LogP contribution >= 0.6 is 0 Å². The lowest BCUT2D eigenvalue weighted by molar-refractivity contribution is 0.102. The number of benzene rings is 3. The van der Waals surface area contributed by atoms with Crippen molar-refractivity contribution < 1.29 is 30.3 Å². The summed E-state index contributed by atoms with van der Waals surface area (Å²) < 4.78 is 6.24. The zero-order valence-corrected chi connectivity index (χ0v) is 16.0. The van der Waals surface area contributed by atoms with E-state index in [4.69, 9.17) is 4.74 Å². The normalized spacial score (nSPS) is 19.9. The third-order valence-electron chi connectivity index (χ3n) is 5.60. The van der Waals surface area contributed by atoms with Gasteiger partial charge in [0.15, 0.2) is 0 Å². The molecule has 6 heteroatoms. The molecule has 0 amide bonds. The lowest BCUT2D eigenvalue weighted by atomic mass is 9.65. The molecule has 3 aromatic carbocycles. The quantitative estimate of drug-likeness (QED) is 0.440. The molecular weight excluding hydrogens is 372 g/mol. The van der Waals surface area contributed by atoms with Crippen LogP contribution in [0.4, 0.5) is 0 Å². The van der Waals surface area contributed by atoms with Gasteiger partial charge in [-0.05, 0) is 35.9 Å². The Morgan fingerprint density at radius 2 is 1.34 bits per heavy atom. The first-order valence-corrected chi connectivity index (χ1v) is 9.22. The molecule has 29 heavy (non-hydrogen) atoms. The van der Waals surface area contributed by atoms with Crippen LogP contribution in [0.3, 0.4) is 0 Å². The summed E-state index contributed by atoms with van der Waals surface area (Å²) in [6, 6.07) is 13.5. The summed E-state index contributed by atoms with van der Waals surface area (Å²) in [5, 5.41) is 50.2. The predicted molar refractivity (Wildman–Crippen MR) is 107 cm³/mol. The van der Waals surface area contributed by atoms with E-state index in [-0.39, 0.29) is 28.7 Å². The van der Waals surface area contributed by atoms with E-state index in [0.717, 1.165) is 5.56 Å². The molecule has 2 atom stereocenters. The molecule has 0 saturated carbocycles. The summed E-state index contributed by atoms with van der Waals surface area (Å²) in [6.07, 6.45) is -0.707. The average molecular weight is 394 g/mol. The number of hydrogen-bond acceptors (Lipinski definition) is 6. The van der Waals surface area contributed by atoms with Crippen LogP contribution in [-0.2, 0) is 5.41 Å². The number of aromatic hydroxyl groups is 5. The summed E-state index contributed by atoms with van der Waals surface area (Å²) in [4.78, 5) is 0. The van der Waals surface area contributed by atoms with Crippen molar-refractivity contribution in [2.75, 3.05) is 0 Å². The Morgan fingerprint density at radius 3 is 2.00 bits per heavy atom. The van der Waals surface area contributed by atoms with Crippen LogP contribution in [0.5, 0.6) is 34.5 Å². The largest absolute Gasteiger partial charge is 0.508 e. The minimum absolute atomic E-state index is 0.0571. The number of ether oxygens (including phenoxy) is 1. The van der Waals surface area contributed by atoms with E-state index in [1.807, 2.05) is 13.8 Å². The summed E-state index contributed by atoms with van der Waals surface area (Å²) in [5.74, 6) is -0.251. The fraction of sp³-hybridized carbons (Fsp3) is 0.217. The zero-order chi connectivity index (χ0) is 20.9. The SMILES string of the molecule is CC1(C)c2ccc(O)cc2O[C@@H](c2ccc(O)cc2O)[C@@H]1c1cc(O)cc(O)c1. The minimum Gasteiger partial charge on any atom is -0.508 e. The highest BCUT2D eigenvalue weighted by Gasteiger charge is 2.46. The highest BCUT2D eigenvalue weighted by atomic mass is 16.5. The van der Waals surface area contributed by atoms with Crippen molar-refractivity contribution in [2.24, 2.45) is 0 Å². The van der Waals surface area contributed by atoms with E-state index < -0.39 is 17.4 Å². The number of phenolic OH excluding ortho intramolecular Hbond substituents is 5. The van der Waals surface area contributed by atoms with Crippen molar-refractivity contribution >= 4 is 0 Å². The average Bonchev–Trinajstić information content (AvgIpc) is 2.59. The van der Waals surface area contributed by atoms with Gasteiger partial charge in [0.1, 0.15) is 40.6 Å². The van der Waals surface area contributed by atoms with E-state index >= 15 is 0 Å². The first-order valence-electron chi connectivity index (χ1n) is 9.22. The lowest BCUT2D eigenvalue weighted by Crippen LogP contribution is -2.38. The molecule has 0 bridgehead atoms. The fourth-order valence-electron chi connectivity index (χ4n) is 4.30. The van der Waals surface area contributed by atoms with Crippen LogP contribution in [0.2, 0.25) is 0 Å². The van der Waals surface area contributed by atoms with Crippen LogP contribution in [0, 0.1) is 0 Å². The first-order chi connectivity index (χ1) is 13.7. The molecule has 3 aromatic rings. The second-order valence-electron chi connectivity index (χ2n) is 7.94. The summed E-state index contributed by atoms with van der Waals surface area (Å²) >= 11 is 0. The minimum atomic E-state index is -0.707. The molecule has 6 nitrogen and oxygen atoms in total. The third kappa shape index (κ3) is 3.16. The van der Waals surface area contributed by atoms with E-state index in [1.165, 1.54) is 24.3 Å². The van der Waals surface area contributed by atoms with Gasteiger partial charge in [0, 0.05) is 40.7 Å². The maximum Gasteiger partial charge on any atom is 0.135 e. The van der Waals surface area contributed by atoms with Crippen LogP contribution in [0.1, 0.15) is 42.6 Å². The van der Waals surface area contributed by atoms with Gasteiger partial charge < -0.3 is 30.3 Å². The molecule has 0 aliphatic carbocycles. The second-order valence-corrected chi connectivity index (χ2v) is 7.94. The van der Waals surface area contributed by atoms with Crippen LogP contribution < -0.4 is 4.74 Å². The second kappa shape index (κ2) is 6.51. The Balaban J connectivity index is 1.97. The molecule has 0 spiro atoms. The van der Waals surface area contributed by atoms with Crippen LogP contribution in [0.25, 0.3) is 0 Å². The van der Waals surface area contributed by atoms with Crippen molar-refractivity contribution in [3.63, 3.8) is 0 Å². The molecule has 0 aromatic heterocycles. The van der Waals surface area contributed by atoms with E-state index in [0.29, 0.717) is 16.9 Å². The molecule has 0 unspecified atom stereocenters. The molecule has 1 aliphatic heterocycles. The Kier molecular flexibility index (Phi) is 4.22. The number of fused-ring (bicyclic) bond motifs is 1. The molecule has 1 aliphatic rings. The maximum atomic E-state index is 10.5. The first kappa shape index (κ1) is 18.8. The van der Waals surface area contributed by atoms with Gasteiger partial charge in [-0.25, -0.2) is 0 Å². The zero-order valence-electron chi connectivity index (χ0n) is 16.0. The third-order valence-corrected chi connectivity index (χ3v) is 5.60. The standard InChI is InChI=1S/C23H22O6/c1-23(2)18-6-4-14(25)11-20(18)29-22(17-5-3-13(24)10-19(17)28)21(23)12-7-15(26)9-16(27)8-12/h3-11,21-22,24-28H,1-2H3/t21-,22-/m0/s1. The van der Waals surface area contributed by atoms with Crippen molar-refractivity contribution in [1.82, 2.24) is 0 Å². The van der Waals surface area contributed by atoms with Crippen molar-refractivity contribution in [2.45, 2.75) is 31.3 Å². The molecule has 1 heterocycles. The number of phenols is 5. The van der Waals surface area contributed by atoms with Crippen LogP contribution in [0.15, 0.2) is 54.6 Å². The summed E-state index contributed by atoms with van der Waals surface area (Å²) in [5.41, 5.74) is 1.36.